The van der Waals surface area contributed by atoms with Gasteiger partial charge in [0.15, 0.2) is 5.82 Å². The quantitative estimate of drug-likeness (QED) is 0.795. The molecule has 0 aliphatic heterocycles. The monoisotopic (exact) mass is 262 g/mol. The molecule has 1 aromatic heterocycles. The number of carbonyl (C=O) groups is 1. The van der Waals surface area contributed by atoms with Crippen molar-refractivity contribution in [2.75, 3.05) is 6.61 Å². The van der Waals surface area contributed by atoms with Crippen molar-refractivity contribution >= 4 is 5.97 Å². The van der Waals surface area contributed by atoms with Gasteiger partial charge in [0, 0.05) is 0 Å². The van der Waals surface area contributed by atoms with Crippen LogP contribution in [0, 0.1) is 12.7 Å². The zero-order valence-corrected chi connectivity index (χ0v) is 10.9. The Kier molecular flexibility index (Phi) is 3.94. The second kappa shape index (κ2) is 5.65. The Morgan fingerprint density at radius 3 is 2.68 bits per heavy atom. The van der Waals surface area contributed by atoms with Crippen LogP contribution < -0.4 is 0 Å². The first-order valence-electron chi connectivity index (χ1n) is 6.07. The van der Waals surface area contributed by atoms with Crippen LogP contribution in [0.5, 0.6) is 0 Å². The van der Waals surface area contributed by atoms with E-state index >= 15 is 0 Å². The van der Waals surface area contributed by atoms with Crippen LogP contribution in [0.25, 0.3) is 0 Å². The minimum absolute atomic E-state index is 0.197. The van der Waals surface area contributed by atoms with Crippen molar-refractivity contribution in [1.82, 2.24) is 9.78 Å². The largest absolute Gasteiger partial charge is 0.461 e. The summed E-state index contributed by atoms with van der Waals surface area (Å²) in [6.45, 7) is 3.88. The molecule has 0 amide bonds. The van der Waals surface area contributed by atoms with Gasteiger partial charge in [0.25, 0.3) is 0 Å². The van der Waals surface area contributed by atoms with Gasteiger partial charge in [-0.2, -0.15) is 5.10 Å². The van der Waals surface area contributed by atoms with E-state index in [-0.39, 0.29) is 12.3 Å². The predicted octanol–water partition coefficient (Wildman–Crippen LogP) is 2.56. The molecule has 0 aliphatic rings. The molecule has 5 heteroatoms. The highest BCUT2D eigenvalue weighted by molar-refractivity contribution is 5.87. The van der Waals surface area contributed by atoms with Crippen LogP contribution in [0.3, 0.4) is 0 Å². The third-order valence-corrected chi connectivity index (χ3v) is 2.78. The van der Waals surface area contributed by atoms with Crippen molar-refractivity contribution in [3.05, 3.63) is 53.1 Å². The van der Waals surface area contributed by atoms with E-state index in [1.807, 2.05) is 30.3 Å². The molecular formula is C14H15FN2O2. The smallest absolute Gasteiger partial charge is 0.361 e. The number of ether oxygens (including phenoxy) is 1. The Labute approximate surface area is 110 Å². The summed E-state index contributed by atoms with van der Waals surface area (Å²) in [7, 11) is 0. The van der Waals surface area contributed by atoms with E-state index in [2.05, 4.69) is 5.10 Å². The molecular weight excluding hydrogens is 247 g/mol. The highest BCUT2D eigenvalue weighted by atomic mass is 19.1. The Hall–Kier alpha value is -2.17. The van der Waals surface area contributed by atoms with Crippen molar-refractivity contribution < 1.29 is 13.9 Å². The maximum absolute atomic E-state index is 13.9. The molecule has 0 unspecified atom stereocenters. The lowest BCUT2D eigenvalue weighted by Gasteiger charge is -2.03. The molecule has 0 N–H and O–H groups in total. The van der Waals surface area contributed by atoms with Crippen LogP contribution in [-0.2, 0) is 11.3 Å². The molecule has 4 nitrogen and oxygen atoms in total. The molecule has 0 saturated heterocycles. The van der Waals surface area contributed by atoms with Gasteiger partial charge < -0.3 is 4.74 Å². The maximum atomic E-state index is 13.9. The molecule has 0 fully saturated rings. The fourth-order valence-corrected chi connectivity index (χ4v) is 1.76. The van der Waals surface area contributed by atoms with Gasteiger partial charge in [-0.1, -0.05) is 30.3 Å². The summed E-state index contributed by atoms with van der Waals surface area (Å²) in [5.74, 6) is -1.34. The SMILES string of the molecule is CCOC(=O)c1nn(Cc2ccccc2)c(C)c1F. The summed E-state index contributed by atoms with van der Waals surface area (Å²) in [5, 5.41) is 3.99. The predicted molar refractivity (Wildman–Crippen MR) is 68.4 cm³/mol. The highest BCUT2D eigenvalue weighted by Gasteiger charge is 2.21. The molecule has 0 radical (unpaired) electrons. The normalized spacial score (nSPS) is 10.5. The van der Waals surface area contributed by atoms with Crippen LogP contribution in [0.4, 0.5) is 4.39 Å². The van der Waals surface area contributed by atoms with Gasteiger partial charge >= 0.3 is 5.97 Å². The zero-order valence-electron chi connectivity index (χ0n) is 10.9. The van der Waals surface area contributed by atoms with Gasteiger partial charge in [-0.3, -0.25) is 4.68 Å². The van der Waals surface area contributed by atoms with Gasteiger partial charge in [0.1, 0.15) is 0 Å². The minimum atomic E-state index is -0.727. The van der Waals surface area contributed by atoms with Crippen molar-refractivity contribution in [2.24, 2.45) is 0 Å². The highest BCUT2D eigenvalue weighted by Crippen LogP contribution is 2.14. The van der Waals surface area contributed by atoms with Gasteiger partial charge in [0.2, 0.25) is 5.69 Å². The molecule has 2 aromatic rings. The summed E-state index contributed by atoms with van der Waals surface area (Å²) in [5.41, 5.74) is 1.06. The van der Waals surface area contributed by atoms with Crippen molar-refractivity contribution in [2.45, 2.75) is 20.4 Å². The summed E-state index contributed by atoms with van der Waals surface area (Å²) in [6, 6.07) is 9.55. The average Bonchev–Trinajstić information content (AvgIpc) is 2.69. The lowest BCUT2D eigenvalue weighted by molar-refractivity contribution is 0.0513. The molecule has 1 aromatic carbocycles. The van der Waals surface area contributed by atoms with Crippen molar-refractivity contribution in [1.29, 1.82) is 0 Å². The number of rotatable bonds is 4. The van der Waals surface area contributed by atoms with Crippen molar-refractivity contribution in [3.63, 3.8) is 0 Å². The van der Waals surface area contributed by atoms with Crippen molar-refractivity contribution in [3.8, 4) is 0 Å². The first kappa shape index (κ1) is 13.3. The number of esters is 1. The van der Waals surface area contributed by atoms with Crippen LogP contribution in [-0.4, -0.2) is 22.4 Å². The lowest BCUT2D eigenvalue weighted by Crippen LogP contribution is -2.09. The topological polar surface area (TPSA) is 44.1 Å². The van der Waals surface area contributed by atoms with E-state index in [0.29, 0.717) is 12.2 Å². The number of halogens is 1. The standard InChI is InChI=1S/C14H15FN2O2/c1-3-19-14(18)13-12(15)10(2)17(16-13)9-11-7-5-4-6-8-11/h4-8H,3,9H2,1-2H3. The van der Waals surface area contributed by atoms with E-state index in [0.717, 1.165) is 5.56 Å². The third-order valence-electron chi connectivity index (χ3n) is 2.78. The Morgan fingerprint density at radius 2 is 2.05 bits per heavy atom. The molecule has 0 spiro atoms. The molecule has 100 valence electrons. The molecule has 0 atom stereocenters. The van der Waals surface area contributed by atoms with Gasteiger partial charge in [-0.05, 0) is 19.4 Å². The second-order valence-electron chi connectivity index (χ2n) is 4.11. The number of hydrogen-bond acceptors (Lipinski definition) is 3. The molecule has 0 saturated carbocycles. The van der Waals surface area contributed by atoms with Crippen LogP contribution in [0.1, 0.15) is 28.7 Å². The Balaban J connectivity index is 2.28. The van der Waals surface area contributed by atoms with Gasteiger partial charge in [-0.25, -0.2) is 9.18 Å². The van der Waals surface area contributed by atoms with Crippen LogP contribution in [0.15, 0.2) is 30.3 Å². The Morgan fingerprint density at radius 1 is 1.37 bits per heavy atom. The molecule has 1 heterocycles. The summed E-state index contributed by atoms with van der Waals surface area (Å²) >= 11 is 0. The first-order valence-corrected chi connectivity index (χ1v) is 6.07. The third kappa shape index (κ3) is 2.81. The summed E-state index contributed by atoms with van der Waals surface area (Å²) in [4.78, 5) is 11.5. The molecule has 0 aliphatic carbocycles. The first-order chi connectivity index (χ1) is 9.13. The van der Waals surface area contributed by atoms with Gasteiger partial charge in [0.05, 0.1) is 18.8 Å². The van der Waals surface area contributed by atoms with E-state index < -0.39 is 11.8 Å². The Bertz CT molecular complexity index is 579. The van der Waals surface area contributed by atoms with E-state index in [1.165, 1.54) is 4.68 Å². The second-order valence-corrected chi connectivity index (χ2v) is 4.11. The van der Waals surface area contributed by atoms with Crippen LogP contribution in [0.2, 0.25) is 0 Å². The minimum Gasteiger partial charge on any atom is -0.461 e. The van der Waals surface area contributed by atoms with Gasteiger partial charge in [-0.15, -0.1) is 0 Å². The summed E-state index contributed by atoms with van der Waals surface area (Å²) in [6.07, 6.45) is 0. The number of aromatic nitrogens is 2. The molecule has 19 heavy (non-hydrogen) atoms. The van der Waals surface area contributed by atoms with E-state index in [9.17, 15) is 9.18 Å². The number of carbonyl (C=O) groups excluding carboxylic acids is 1. The van der Waals surface area contributed by atoms with E-state index in [4.69, 9.17) is 4.74 Å². The fraction of sp³-hybridized carbons (Fsp3) is 0.286. The average molecular weight is 262 g/mol. The molecule has 2 rings (SSSR count). The fourth-order valence-electron chi connectivity index (χ4n) is 1.76. The maximum Gasteiger partial charge on any atom is 0.361 e. The number of nitrogens with zero attached hydrogens (tertiary/aromatic N) is 2. The zero-order chi connectivity index (χ0) is 13.8. The van der Waals surface area contributed by atoms with E-state index in [1.54, 1.807) is 13.8 Å². The van der Waals surface area contributed by atoms with Crippen LogP contribution >= 0.6 is 0 Å². The number of benzene rings is 1. The molecule has 0 bridgehead atoms. The number of hydrogen-bond donors (Lipinski definition) is 0. The lowest BCUT2D eigenvalue weighted by atomic mass is 10.2. The summed E-state index contributed by atoms with van der Waals surface area (Å²) < 4.78 is 20.2.